The summed E-state index contributed by atoms with van der Waals surface area (Å²) in [5.74, 6) is 0.0492. The molecule has 0 aliphatic rings. The van der Waals surface area contributed by atoms with Gasteiger partial charge in [0.2, 0.25) is 5.91 Å². The van der Waals surface area contributed by atoms with Crippen molar-refractivity contribution >= 4 is 33.7 Å². The third kappa shape index (κ3) is 2.27. The van der Waals surface area contributed by atoms with Crippen LogP contribution in [0.4, 0.5) is 5.82 Å². The van der Waals surface area contributed by atoms with Crippen LogP contribution in [0, 0.1) is 11.3 Å². The van der Waals surface area contributed by atoms with Crippen molar-refractivity contribution in [2.75, 3.05) is 5.32 Å². The highest BCUT2D eigenvalue weighted by molar-refractivity contribution is 6.03. The number of rotatable bonds is 3. The summed E-state index contributed by atoms with van der Waals surface area (Å²) < 4.78 is 2.03. The number of nitrogens with one attached hydrogen (secondary N) is 2. The minimum atomic E-state index is -0.371. The van der Waals surface area contributed by atoms with Gasteiger partial charge in [0, 0.05) is 29.4 Å². The molecule has 4 rings (SSSR count). The van der Waals surface area contributed by atoms with Crippen molar-refractivity contribution in [3.05, 3.63) is 49.1 Å². The quantitative estimate of drug-likeness (QED) is 0.607. The van der Waals surface area contributed by atoms with Gasteiger partial charge in [-0.15, -0.1) is 0 Å². The molecule has 116 valence electrons. The summed E-state index contributed by atoms with van der Waals surface area (Å²) >= 11 is 0. The van der Waals surface area contributed by atoms with Crippen molar-refractivity contribution < 1.29 is 4.79 Å². The van der Waals surface area contributed by atoms with Crippen molar-refractivity contribution in [2.24, 2.45) is 0 Å². The number of hydrogen-bond acceptors (Lipinski definition) is 4. The predicted molar refractivity (Wildman–Crippen MR) is 89.6 cm³/mol. The normalized spacial score (nSPS) is 10.8. The van der Waals surface area contributed by atoms with Crippen LogP contribution in [-0.2, 0) is 4.79 Å². The van der Waals surface area contributed by atoms with E-state index in [-0.39, 0.29) is 12.3 Å². The van der Waals surface area contributed by atoms with Gasteiger partial charge in [-0.05, 0) is 24.3 Å². The van der Waals surface area contributed by atoms with E-state index in [1.807, 2.05) is 41.4 Å². The van der Waals surface area contributed by atoms with Crippen molar-refractivity contribution in [1.29, 1.82) is 5.26 Å². The minimum absolute atomic E-state index is 0.190. The first kappa shape index (κ1) is 14.0. The van der Waals surface area contributed by atoms with Crippen molar-refractivity contribution in [3.8, 4) is 11.8 Å². The Hall–Kier alpha value is -3.66. The first-order chi connectivity index (χ1) is 11.8. The maximum atomic E-state index is 11.4. The Morgan fingerprint density at radius 1 is 1.25 bits per heavy atom. The second-order valence-corrected chi connectivity index (χ2v) is 5.27. The number of amides is 1. The first-order valence-electron chi connectivity index (χ1n) is 7.32. The van der Waals surface area contributed by atoms with Gasteiger partial charge >= 0.3 is 0 Å². The van der Waals surface area contributed by atoms with Gasteiger partial charge in [0.25, 0.3) is 0 Å². The molecule has 0 aliphatic heterocycles. The Labute approximate surface area is 136 Å². The molecule has 0 saturated carbocycles. The number of carbonyl (C=O) groups is 1. The second-order valence-electron chi connectivity index (χ2n) is 5.27. The number of aromatic nitrogens is 4. The molecule has 0 fully saturated rings. The number of nitrogens with zero attached hydrogens (tertiary/aromatic N) is 4. The van der Waals surface area contributed by atoms with Gasteiger partial charge in [0.05, 0.1) is 23.5 Å². The van der Waals surface area contributed by atoms with Crippen LogP contribution < -0.4 is 5.32 Å². The first-order valence-corrected chi connectivity index (χ1v) is 7.32. The maximum Gasteiger partial charge on any atom is 0.239 e. The van der Waals surface area contributed by atoms with Crippen LogP contribution in [0.2, 0.25) is 0 Å². The highest BCUT2D eigenvalue weighted by atomic mass is 16.1. The summed E-state index contributed by atoms with van der Waals surface area (Å²) in [7, 11) is 0. The van der Waals surface area contributed by atoms with Gasteiger partial charge in [-0.3, -0.25) is 4.79 Å². The van der Waals surface area contributed by atoms with Gasteiger partial charge in [-0.1, -0.05) is 0 Å². The van der Waals surface area contributed by atoms with Crippen molar-refractivity contribution in [2.45, 2.75) is 6.42 Å². The average molecular weight is 316 g/mol. The molecule has 7 heteroatoms. The number of aromatic amines is 1. The summed E-state index contributed by atoms with van der Waals surface area (Å²) in [4.78, 5) is 23.2. The smallest absolute Gasteiger partial charge is 0.239 e. The summed E-state index contributed by atoms with van der Waals surface area (Å²) in [6, 6.07) is 9.37. The monoisotopic (exact) mass is 316 g/mol. The van der Waals surface area contributed by atoms with E-state index >= 15 is 0 Å². The number of fused-ring (bicyclic) bond motifs is 3. The van der Waals surface area contributed by atoms with Gasteiger partial charge in [-0.2, -0.15) is 5.26 Å². The third-order valence-corrected chi connectivity index (χ3v) is 3.76. The van der Waals surface area contributed by atoms with Crippen LogP contribution in [0.25, 0.3) is 27.6 Å². The topological polar surface area (TPSA) is 99.4 Å². The maximum absolute atomic E-state index is 11.4. The molecule has 24 heavy (non-hydrogen) atoms. The van der Waals surface area contributed by atoms with Crippen molar-refractivity contribution in [3.63, 3.8) is 0 Å². The summed E-state index contributed by atoms with van der Waals surface area (Å²) in [6.07, 6.45) is 7.14. The lowest BCUT2D eigenvalue weighted by Crippen LogP contribution is -2.11. The Morgan fingerprint density at radius 2 is 2.17 bits per heavy atom. The third-order valence-electron chi connectivity index (χ3n) is 3.76. The number of nitriles is 1. The largest absolute Gasteiger partial charge is 0.346 e. The van der Waals surface area contributed by atoms with E-state index in [2.05, 4.69) is 20.3 Å². The van der Waals surface area contributed by atoms with E-state index in [1.165, 1.54) is 0 Å². The molecule has 0 bridgehead atoms. The van der Waals surface area contributed by atoms with E-state index < -0.39 is 0 Å². The fourth-order valence-corrected chi connectivity index (χ4v) is 2.71. The molecule has 4 heterocycles. The predicted octanol–water partition coefficient (Wildman–Crippen LogP) is 2.75. The fourth-order valence-electron chi connectivity index (χ4n) is 2.71. The lowest BCUT2D eigenvalue weighted by Gasteiger charge is -2.07. The number of H-pyrrole nitrogens is 1. The second kappa shape index (κ2) is 5.52. The summed E-state index contributed by atoms with van der Waals surface area (Å²) in [5, 5.41) is 13.2. The molecule has 1 amide bonds. The lowest BCUT2D eigenvalue weighted by atomic mass is 10.2. The molecule has 4 aromatic rings. The van der Waals surface area contributed by atoms with E-state index in [9.17, 15) is 4.79 Å². The van der Waals surface area contributed by atoms with Gasteiger partial charge in [0.1, 0.15) is 17.9 Å². The van der Waals surface area contributed by atoms with E-state index in [0.717, 1.165) is 27.6 Å². The van der Waals surface area contributed by atoms with Gasteiger partial charge in [0.15, 0.2) is 0 Å². The highest BCUT2D eigenvalue weighted by Gasteiger charge is 2.10. The molecular formula is C17H12N6O. The van der Waals surface area contributed by atoms with Crippen LogP contribution >= 0.6 is 0 Å². The van der Waals surface area contributed by atoms with Crippen molar-refractivity contribution in [1.82, 2.24) is 19.5 Å². The highest BCUT2D eigenvalue weighted by Crippen LogP contribution is 2.26. The molecule has 0 unspecified atom stereocenters. The number of anilines is 1. The van der Waals surface area contributed by atoms with Crippen LogP contribution in [-0.4, -0.2) is 25.4 Å². The molecular weight excluding hydrogens is 304 g/mol. The molecule has 0 saturated heterocycles. The number of pyridine rings is 2. The lowest BCUT2D eigenvalue weighted by molar-refractivity contribution is -0.115. The summed E-state index contributed by atoms with van der Waals surface area (Å²) in [6.45, 7) is 0. The molecule has 0 aliphatic carbocycles. The zero-order chi connectivity index (χ0) is 16.5. The molecule has 2 N–H and O–H groups in total. The zero-order valence-corrected chi connectivity index (χ0v) is 12.5. The van der Waals surface area contributed by atoms with Crippen LogP contribution in [0.5, 0.6) is 0 Å². The Bertz CT molecular complexity index is 1080. The van der Waals surface area contributed by atoms with E-state index in [4.69, 9.17) is 5.26 Å². The van der Waals surface area contributed by atoms with Gasteiger partial charge in [-0.25, -0.2) is 9.97 Å². The SMILES string of the molecule is N#CCC(=O)Nc1ccc(-n2ccc3cnc4[nH]ccc4c32)cn1. The number of hydrogen-bond donors (Lipinski definition) is 2. The molecule has 0 aromatic carbocycles. The molecule has 4 aromatic heterocycles. The Balaban J connectivity index is 1.74. The Morgan fingerprint density at radius 3 is 2.96 bits per heavy atom. The fraction of sp³-hybridized carbons (Fsp3) is 0.0588. The average Bonchev–Trinajstić information content (AvgIpc) is 3.21. The molecule has 7 nitrogen and oxygen atoms in total. The van der Waals surface area contributed by atoms with Crippen LogP contribution in [0.15, 0.2) is 49.1 Å². The molecule has 0 atom stereocenters. The van der Waals surface area contributed by atoms with E-state index in [0.29, 0.717) is 5.82 Å². The Kier molecular flexibility index (Phi) is 3.21. The molecule has 0 radical (unpaired) electrons. The summed E-state index contributed by atoms with van der Waals surface area (Å²) in [5.41, 5.74) is 2.75. The van der Waals surface area contributed by atoms with E-state index in [1.54, 1.807) is 18.3 Å². The zero-order valence-electron chi connectivity index (χ0n) is 12.5. The van der Waals surface area contributed by atoms with Crippen LogP contribution in [0.1, 0.15) is 6.42 Å². The minimum Gasteiger partial charge on any atom is -0.346 e. The standard InChI is InChI=1S/C17H12N6O/c18-6-3-15(24)22-14-2-1-12(10-20-14)23-8-5-11-9-21-17-13(16(11)23)4-7-19-17/h1-2,4-5,7-10H,3H2,(H,19,21)(H,20,22,24). The molecule has 0 spiro atoms. The van der Waals surface area contributed by atoms with Gasteiger partial charge < -0.3 is 14.9 Å². The van der Waals surface area contributed by atoms with Crippen LogP contribution in [0.3, 0.4) is 0 Å². The number of carbonyl (C=O) groups excluding carboxylic acids is 1.